The van der Waals surface area contributed by atoms with E-state index in [0.717, 1.165) is 12.8 Å². The quantitative estimate of drug-likeness (QED) is 0.655. The van der Waals surface area contributed by atoms with E-state index in [4.69, 9.17) is 4.74 Å². The average molecular weight is 213 g/mol. The van der Waals surface area contributed by atoms with Gasteiger partial charge in [0.05, 0.1) is 19.1 Å². The van der Waals surface area contributed by atoms with E-state index >= 15 is 0 Å². The van der Waals surface area contributed by atoms with Gasteiger partial charge in [-0.3, -0.25) is 4.79 Å². The van der Waals surface area contributed by atoms with Crippen LogP contribution in [0.1, 0.15) is 39.0 Å². The molecule has 1 fully saturated rings. The van der Waals surface area contributed by atoms with Crippen LogP contribution in [0.3, 0.4) is 0 Å². The maximum Gasteiger partial charge on any atom is 0.139 e. The predicted octanol–water partition coefficient (Wildman–Crippen LogP) is 1.76. The molecule has 0 saturated carbocycles. The zero-order valence-electron chi connectivity index (χ0n) is 9.92. The Morgan fingerprint density at radius 2 is 2.13 bits per heavy atom. The second-order valence-electron chi connectivity index (χ2n) is 4.32. The fourth-order valence-electron chi connectivity index (χ4n) is 2.07. The van der Waals surface area contributed by atoms with Crippen LogP contribution in [0.15, 0.2) is 0 Å². The van der Waals surface area contributed by atoms with Crippen LogP contribution in [0.25, 0.3) is 0 Å². The number of carbonyl (C=O) groups excluding carboxylic acids is 1. The van der Waals surface area contributed by atoms with Crippen molar-refractivity contribution in [2.75, 3.05) is 20.3 Å². The van der Waals surface area contributed by atoms with Gasteiger partial charge in [0.25, 0.3) is 0 Å². The monoisotopic (exact) mass is 213 g/mol. The van der Waals surface area contributed by atoms with Gasteiger partial charge in [0.15, 0.2) is 0 Å². The van der Waals surface area contributed by atoms with Crippen LogP contribution in [0, 0.1) is 5.92 Å². The first-order valence-corrected chi connectivity index (χ1v) is 6.07. The summed E-state index contributed by atoms with van der Waals surface area (Å²) in [5.74, 6) is 0.472. The van der Waals surface area contributed by atoms with E-state index < -0.39 is 0 Å². The molecule has 1 heterocycles. The lowest BCUT2D eigenvalue weighted by molar-refractivity contribution is -0.123. The first-order chi connectivity index (χ1) is 7.29. The molecule has 0 aromatic heterocycles. The Bertz CT molecular complexity index is 194. The van der Waals surface area contributed by atoms with E-state index in [1.165, 1.54) is 19.3 Å². The molecule has 2 atom stereocenters. The van der Waals surface area contributed by atoms with E-state index in [2.05, 4.69) is 12.2 Å². The number of ether oxygens (including phenoxy) is 1. The first-order valence-electron chi connectivity index (χ1n) is 6.07. The Labute approximate surface area is 92.6 Å². The van der Waals surface area contributed by atoms with Crippen molar-refractivity contribution in [2.45, 2.75) is 45.1 Å². The molecule has 0 amide bonds. The van der Waals surface area contributed by atoms with Crippen LogP contribution in [0.4, 0.5) is 0 Å². The van der Waals surface area contributed by atoms with Crippen molar-refractivity contribution in [3.05, 3.63) is 0 Å². The van der Waals surface area contributed by atoms with E-state index in [1.54, 1.807) is 0 Å². The van der Waals surface area contributed by atoms with Crippen LogP contribution < -0.4 is 5.32 Å². The summed E-state index contributed by atoms with van der Waals surface area (Å²) in [6.07, 6.45) is 5.41. The molecule has 0 aromatic rings. The van der Waals surface area contributed by atoms with E-state index in [1.807, 2.05) is 7.05 Å². The second-order valence-corrected chi connectivity index (χ2v) is 4.32. The average Bonchev–Trinajstić information content (AvgIpc) is 2.72. The van der Waals surface area contributed by atoms with Crippen molar-refractivity contribution < 1.29 is 9.53 Å². The van der Waals surface area contributed by atoms with Gasteiger partial charge in [-0.15, -0.1) is 0 Å². The fourth-order valence-corrected chi connectivity index (χ4v) is 2.07. The van der Waals surface area contributed by atoms with Crippen LogP contribution in [-0.2, 0) is 9.53 Å². The van der Waals surface area contributed by atoms with Crippen molar-refractivity contribution >= 4 is 5.78 Å². The Balaban J connectivity index is 2.21. The van der Waals surface area contributed by atoms with Gasteiger partial charge in [-0.05, 0) is 13.5 Å². The molecular formula is C12H23NO2. The van der Waals surface area contributed by atoms with Gasteiger partial charge in [-0.2, -0.15) is 0 Å². The van der Waals surface area contributed by atoms with Crippen molar-refractivity contribution in [3.8, 4) is 0 Å². The number of hydrogen-bond acceptors (Lipinski definition) is 3. The second kappa shape index (κ2) is 6.96. The van der Waals surface area contributed by atoms with Gasteiger partial charge >= 0.3 is 0 Å². The van der Waals surface area contributed by atoms with Crippen molar-refractivity contribution in [1.82, 2.24) is 5.32 Å². The highest BCUT2D eigenvalue weighted by Gasteiger charge is 2.31. The minimum absolute atomic E-state index is 0.0941. The number of likely N-dealkylation sites (N-methyl/N-ethyl adjacent to an activating group) is 1. The highest BCUT2D eigenvalue weighted by molar-refractivity contribution is 5.82. The number of ketones is 1. The fraction of sp³-hybridized carbons (Fsp3) is 0.917. The molecule has 0 spiro atoms. The summed E-state index contributed by atoms with van der Waals surface area (Å²) in [4.78, 5) is 11.9. The summed E-state index contributed by atoms with van der Waals surface area (Å²) in [6.45, 7) is 3.48. The molecule has 1 aliphatic rings. The van der Waals surface area contributed by atoms with Gasteiger partial charge in [-0.25, -0.2) is 0 Å². The molecule has 0 radical (unpaired) electrons. The molecular weight excluding hydrogens is 190 g/mol. The molecule has 1 rings (SSSR count). The lowest BCUT2D eigenvalue weighted by atomic mass is 9.94. The van der Waals surface area contributed by atoms with Crippen LogP contribution >= 0.6 is 0 Å². The SMILES string of the molecule is CCCCCCC(=O)C1COCC1NC. The minimum Gasteiger partial charge on any atom is -0.379 e. The highest BCUT2D eigenvalue weighted by atomic mass is 16.5. The van der Waals surface area contributed by atoms with Gasteiger partial charge in [0.2, 0.25) is 0 Å². The number of Topliss-reactive ketones (excluding diaryl/α,β-unsaturated/α-hetero) is 1. The maximum atomic E-state index is 11.9. The standard InChI is InChI=1S/C12H23NO2/c1-3-4-5-6-7-12(14)10-8-15-9-11(10)13-2/h10-11,13H,3-9H2,1-2H3. The number of rotatable bonds is 7. The molecule has 3 nitrogen and oxygen atoms in total. The third-order valence-corrected chi connectivity index (χ3v) is 3.14. The topological polar surface area (TPSA) is 38.3 Å². The minimum atomic E-state index is 0.0941. The number of unbranched alkanes of at least 4 members (excludes halogenated alkanes) is 3. The third-order valence-electron chi connectivity index (χ3n) is 3.14. The van der Waals surface area contributed by atoms with Crippen LogP contribution in [0.2, 0.25) is 0 Å². The summed E-state index contributed by atoms with van der Waals surface area (Å²) in [6, 6.07) is 0.240. The first kappa shape index (κ1) is 12.7. The van der Waals surface area contributed by atoms with Crippen LogP contribution in [0.5, 0.6) is 0 Å². The zero-order chi connectivity index (χ0) is 11.1. The Hall–Kier alpha value is -0.410. The van der Waals surface area contributed by atoms with Gasteiger partial charge in [-0.1, -0.05) is 26.2 Å². The van der Waals surface area contributed by atoms with Crippen molar-refractivity contribution in [1.29, 1.82) is 0 Å². The summed E-state index contributed by atoms with van der Waals surface area (Å²) in [5, 5.41) is 3.15. The molecule has 0 bridgehead atoms. The van der Waals surface area contributed by atoms with Gasteiger partial charge in [0, 0.05) is 12.5 Å². The van der Waals surface area contributed by atoms with Gasteiger partial charge < -0.3 is 10.1 Å². The number of hydrogen-bond donors (Lipinski definition) is 1. The Morgan fingerprint density at radius 1 is 1.33 bits per heavy atom. The summed E-state index contributed by atoms with van der Waals surface area (Å²) in [7, 11) is 1.90. The molecule has 88 valence electrons. The van der Waals surface area contributed by atoms with Crippen LogP contribution in [-0.4, -0.2) is 32.1 Å². The molecule has 15 heavy (non-hydrogen) atoms. The lowest BCUT2D eigenvalue weighted by Gasteiger charge is -2.15. The van der Waals surface area contributed by atoms with E-state index in [-0.39, 0.29) is 12.0 Å². The highest BCUT2D eigenvalue weighted by Crippen LogP contribution is 2.17. The summed E-state index contributed by atoms with van der Waals surface area (Å²) < 4.78 is 5.33. The normalized spacial score (nSPS) is 25.7. The summed E-state index contributed by atoms with van der Waals surface area (Å²) >= 11 is 0. The zero-order valence-corrected chi connectivity index (χ0v) is 9.92. The smallest absolute Gasteiger partial charge is 0.139 e. The summed E-state index contributed by atoms with van der Waals surface area (Å²) in [5.41, 5.74) is 0. The third kappa shape index (κ3) is 3.92. The molecule has 3 heteroatoms. The van der Waals surface area contributed by atoms with Crippen molar-refractivity contribution in [2.24, 2.45) is 5.92 Å². The Kier molecular flexibility index (Phi) is 5.88. The van der Waals surface area contributed by atoms with Crippen molar-refractivity contribution in [3.63, 3.8) is 0 Å². The molecule has 0 aliphatic carbocycles. The number of nitrogens with one attached hydrogen (secondary N) is 1. The largest absolute Gasteiger partial charge is 0.379 e. The molecule has 0 aromatic carbocycles. The molecule has 2 unspecified atom stereocenters. The predicted molar refractivity (Wildman–Crippen MR) is 60.9 cm³/mol. The maximum absolute atomic E-state index is 11.9. The number of carbonyl (C=O) groups is 1. The molecule has 1 N–H and O–H groups in total. The lowest BCUT2D eigenvalue weighted by Crippen LogP contribution is -2.36. The molecule has 1 aliphatic heterocycles. The van der Waals surface area contributed by atoms with E-state index in [9.17, 15) is 4.79 Å². The Morgan fingerprint density at radius 3 is 2.80 bits per heavy atom. The molecule has 1 saturated heterocycles. The van der Waals surface area contributed by atoms with E-state index in [0.29, 0.717) is 19.0 Å². The van der Waals surface area contributed by atoms with Gasteiger partial charge in [0.1, 0.15) is 5.78 Å².